The fourth-order valence-corrected chi connectivity index (χ4v) is 3.76. The van der Waals surface area contributed by atoms with Crippen LogP contribution in [0, 0.1) is 20.8 Å². The van der Waals surface area contributed by atoms with Crippen LogP contribution >= 0.6 is 12.2 Å². The van der Waals surface area contributed by atoms with Crippen LogP contribution in [0.4, 0.5) is 11.4 Å². The van der Waals surface area contributed by atoms with Crippen molar-refractivity contribution in [2.75, 3.05) is 10.6 Å². The van der Waals surface area contributed by atoms with Gasteiger partial charge >= 0.3 is 0 Å². The first-order valence-electron chi connectivity index (χ1n) is 10.5. The van der Waals surface area contributed by atoms with Crippen LogP contribution in [-0.4, -0.2) is 14.9 Å². The van der Waals surface area contributed by atoms with Crippen molar-refractivity contribution >= 4 is 28.7 Å². The summed E-state index contributed by atoms with van der Waals surface area (Å²) in [4.78, 5) is 0. The second-order valence-electron chi connectivity index (χ2n) is 7.71. The van der Waals surface area contributed by atoms with E-state index in [1.165, 1.54) is 5.56 Å². The second kappa shape index (κ2) is 9.66. The maximum absolute atomic E-state index is 5.97. The third-order valence-corrected chi connectivity index (χ3v) is 5.31. The summed E-state index contributed by atoms with van der Waals surface area (Å²) in [6.07, 6.45) is 0. The molecule has 0 unspecified atom stereocenters. The first-order valence-corrected chi connectivity index (χ1v) is 10.9. The normalized spacial score (nSPS) is 10.6. The Balaban J connectivity index is 1.46. The fraction of sp³-hybridized carbons (Fsp3) is 0.154. The van der Waals surface area contributed by atoms with Crippen LogP contribution in [0.25, 0.3) is 0 Å². The molecule has 5 nitrogen and oxygen atoms in total. The van der Waals surface area contributed by atoms with Crippen molar-refractivity contribution in [3.05, 3.63) is 101 Å². The molecule has 0 bridgehead atoms. The smallest absolute Gasteiger partial charge is 0.175 e. The van der Waals surface area contributed by atoms with Crippen LogP contribution in [0.2, 0.25) is 0 Å². The fourth-order valence-electron chi connectivity index (χ4n) is 3.54. The number of hydrogen-bond donors (Lipinski definition) is 2. The second-order valence-corrected chi connectivity index (χ2v) is 8.12. The number of anilines is 2. The molecule has 32 heavy (non-hydrogen) atoms. The van der Waals surface area contributed by atoms with E-state index in [1.54, 1.807) is 0 Å². The van der Waals surface area contributed by atoms with Crippen LogP contribution < -0.4 is 15.4 Å². The molecule has 0 spiro atoms. The minimum Gasteiger partial charge on any atom is -0.457 e. The van der Waals surface area contributed by atoms with Gasteiger partial charge in [-0.05, 0) is 80.5 Å². The Kier molecular flexibility index (Phi) is 6.52. The first kappa shape index (κ1) is 21.6. The maximum atomic E-state index is 5.97. The van der Waals surface area contributed by atoms with Gasteiger partial charge in [-0.2, -0.15) is 5.10 Å². The molecule has 3 aromatic carbocycles. The first-order chi connectivity index (χ1) is 15.5. The number of nitrogens with zero attached hydrogens (tertiary/aromatic N) is 2. The van der Waals surface area contributed by atoms with E-state index in [2.05, 4.69) is 35.8 Å². The average Bonchev–Trinajstić information content (AvgIpc) is 3.02. The molecule has 0 radical (unpaired) electrons. The summed E-state index contributed by atoms with van der Waals surface area (Å²) in [5, 5.41) is 11.8. The van der Waals surface area contributed by atoms with Crippen LogP contribution in [0.5, 0.6) is 11.5 Å². The van der Waals surface area contributed by atoms with Crippen LogP contribution in [0.3, 0.4) is 0 Å². The van der Waals surface area contributed by atoms with Gasteiger partial charge in [-0.3, -0.25) is 4.68 Å². The number of thiocarbonyl (C=S) groups is 1. The van der Waals surface area contributed by atoms with E-state index in [-0.39, 0.29) is 0 Å². The summed E-state index contributed by atoms with van der Waals surface area (Å²) >= 11 is 5.52. The van der Waals surface area contributed by atoms with Gasteiger partial charge in [0.15, 0.2) is 5.11 Å². The lowest BCUT2D eigenvalue weighted by atomic mass is 10.2. The predicted octanol–water partition coefficient (Wildman–Crippen LogP) is 6.46. The Morgan fingerprint density at radius 3 is 2.41 bits per heavy atom. The molecule has 162 valence electrons. The molecular formula is C26H26N4OS. The SMILES string of the molecule is Cc1cccc(NC(=S)Nc2c(C)nn(Cc3cccc(Oc4ccccc4)c3)c2C)c1. The van der Waals surface area contributed by atoms with Gasteiger partial charge in [-0.1, -0.05) is 42.5 Å². The molecule has 4 rings (SSSR count). The Bertz CT molecular complexity index is 1230. The number of rotatable bonds is 6. The summed E-state index contributed by atoms with van der Waals surface area (Å²) in [5.74, 6) is 1.62. The number of ether oxygens (including phenoxy) is 1. The lowest BCUT2D eigenvalue weighted by molar-refractivity contribution is 0.481. The number of aryl methyl sites for hydroxylation is 2. The van der Waals surface area contributed by atoms with Crippen molar-refractivity contribution in [3.63, 3.8) is 0 Å². The van der Waals surface area contributed by atoms with E-state index in [9.17, 15) is 0 Å². The van der Waals surface area contributed by atoms with Gasteiger partial charge in [-0.25, -0.2) is 0 Å². The molecule has 1 heterocycles. The van der Waals surface area contributed by atoms with Crippen LogP contribution in [0.15, 0.2) is 78.9 Å². The minimum atomic E-state index is 0.541. The van der Waals surface area contributed by atoms with Gasteiger partial charge < -0.3 is 15.4 Å². The lowest BCUT2D eigenvalue weighted by Crippen LogP contribution is -2.20. The standard InChI is InChI=1S/C26H26N4OS/c1-18-9-7-11-22(15-18)27-26(32)28-25-19(2)29-30(20(25)3)17-21-10-8-14-24(16-21)31-23-12-5-4-6-13-23/h4-16H,17H2,1-3H3,(H2,27,28,32). The van der Waals surface area contributed by atoms with E-state index in [0.717, 1.165) is 39.8 Å². The molecule has 6 heteroatoms. The highest BCUT2D eigenvalue weighted by molar-refractivity contribution is 7.80. The third kappa shape index (κ3) is 5.34. The van der Waals surface area contributed by atoms with Gasteiger partial charge in [0.1, 0.15) is 11.5 Å². The number of nitrogens with one attached hydrogen (secondary N) is 2. The molecule has 1 aromatic heterocycles. The molecule has 0 saturated heterocycles. The van der Waals surface area contributed by atoms with E-state index in [1.807, 2.05) is 79.2 Å². The molecule has 0 saturated carbocycles. The van der Waals surface area contributed by atoms with E-state index < -0.39 is 0 Å². The summed E-state index contributed by atoms with van der Waals surface area (Å²) < 4.78 is 7.95. The number of benzene rings is 3. The molecule has 0 aliphatic heterocycles. The van der Waals surface area contributed by atoms with Gasteiger partial charge in [0.05, 0.1) is 23.6 Å². The van der Waals surface area contributed by atoms with E-state index in [0.29, 0.717) is 11.7 Å². The van der Waals surface area contributed by atoms with Crippen LogP contribution in [0.1, 0.15) is 22.5 Å². The molecule has 2 N–H and O–H groups in total. The maximum Gasteiger partial charge on any atom is 0.175 e. The van der Waals surface area contributed by atoms with Crippen molar-refractivity contribution in [2.24, 2.45) is 0 Å². The molecule has 0 aliphatic rings. The minimum absolute atomic E-state index is 0.541. The number of para-hydroxylation sites is 1. The largest absolute Gasteiger partial charge is 0.457 e. The van der Waals surface area contributed by atoms with Crippen molar-refractivity contribution in [1.82, 2.24) is 9.78 Å². The molecule has 0 amide bonds. The quantitative estimate of drug-likeness (QED) is 0.336. The van der Waals surface area contributed by atoms with Gasteiger partial charge in [0.2, 0.25) is 0 Å². The van der Waals surface area contributed by atoms with Crippen molar-refractivity contribution < 1.29 is 4.74 Å². The van der Waals surface area contributed by atoms with E-state index in [4.69, 9.17) is 22.1 Å². The molecule has 4 aromatic rings. The van der Waals surface area contributed by atoms with Crippen LogP contribution in [-0.2, 0) is 6.54 Å². The zero-order chi connectivity index (χ0) is 22.5. The zero-order valence-corrected chi connectivity index (χ0v) is 19.2. The molecule has 0 atom stereocenters. The summed E-state index contributed by atoms with van der Waals surface area (Å²) in [6, 6.07) is 26.0. The van der Waals surface area contributed by atoms with Crippen molar-refractivity contribution in [2.45, 2.75) is 27.3 Å². The highest BCUT2D eigenvalue weighted by Crippen LogP contribution is 2.24. The monoisotopic (exact) mass is 442 g/mol. The van der Waals surface area contributed by atoms with E-state index >= 15 is 0 Å². The summed E-state index contributed by atoms with van der Waals surface area (Å²) in [5.41, 5.74) is 6.08. The number of aromatic nitrogens is 2. The Hall–Kier alpha value is -3.64. The number of hydrogen-bond acceptors (Lipinski definition) is 3. The Morgan fingerprint density at radius 1 is 0.875 bits per heavy atom. The highest BCUT2D eigenvalue weighted by Gasteiger charge is 2.13. The van der Waals surface area contributed by atoms with Gasteiger partial charge in [0, 0.05) is 5.69 Å². The molecular weight excluding hydrogens is 416 g/mol. The molecule has 0 fully saturated rings. The van der Waals surface area contributed by atoms with Gasteiger partial charge in [-0.15, -0.1) is 0 Å². The molecule has 0 aliphatic carbocycles. The van der Waals surface area contributed by atoms with Gasteiger partial charge in [0.25, 0.3) is 0 Å². The topological polar surface area (TPSA) is 51.1 Å². The highest BCUT2D eigenvalue weighted by atomic mass is 32.1. The average molecular weight is 443 g/mol. The predicted molar refractivity (Wildman–Crippen MR) is 135 cm³/mol. The third-order valence-electron chi connectivity index (χ3n) is 5.11. The summed E-state index contributed by atoms with van der Waals surface area (Å²) in [7, 11) is 0. The summed E-state index contributed by atoms with van der Waals surface area (Å²) in [6.45, 7) is 6.72. The van der Waals surface area contributed by atoms with Crippen molar-refractivity contribution in [1.29, 1.82) is 0 Å². The van der Waals surface area contributed by atoms with Crippen molar-refractivity contribution in [3.8, 4) is 11.5 Å². The lowest BCUT2D eigenvalue weighted by Gasteiger charge is -2.12. The zero-order valence-electron chi connectivity index (χ0n) is 18.4. The Labute approximate surface area is 194 Å². The Morgan fingerprint density at radius 2 is 1.62 bits per heavy atom.